The summed E-state index contributed by atoms with van der Waals surface area (Å²) in [7, 11) is 1.79. The van der Waals surface area contributed by atoms with Crippen molar-refractivity contribution in [2.24, 2.45) is 0 Å². The van der Waals surface area contributed by atoms with Gasteiger partial charge in [0.1, 0.15) is 5.82 Å². The summed E-state index contributed by atoms with van der Waals surface area (Å²) < 4.78 is 5.27. The Morgan fingerprint density at radius 2 is 2.19 bits per heavy atom. The predicted molar refractivity (Wildman–Crippen MR) is 63.7 cm³/mol. The number of fused-ring (bicyclic) bond motifs is 1. The third kappa shape index (κ3) is 1.80. The Kier molecular flexibility index (Phi) is 2.56. The van der Waals surface area contributed by atoms with Crippen molar-refractivity contribution in [3.8, 4) is 0 Å². The van der Waals surface area contributed by atoms with Gasteiger partial charge in [-0.1, -0.05) is 6.07 Å². The molecule has 2 aliphatic rings. The zero-order chi connectivity index (χ0) is 11.0. The van der Waals surface area contributed by atoms with Gasteiger partial charge in [-0.3, -0.25) is 0 Å². The molecule has 3 heteroatoms. The zero-order valence-electron chi connectivity index (χ0n) is 9.70. The first kappa shape index (κ1) is 10.1. The molecule has 1 heterocycles. The van der Waals surface area contributed by atoms with Crippen molar-refractivity contribution in [2.45, 2.75) is 44.2 Å². The number of hydrogen-bond acceptors (Lipinski definition) is 3. The summed E-state index contributed by atoms with van der Waals surface area (Å²) in [6.07, 6.45) is 6.28. The molecule has 0 amide bonds. The molecular weight excluding hydrogens is 200 g/mol. The Bertz CT molecular complexity index is 386. The fourth-order valence-electron chi connectivity index (χ4n) is 2.59. The molecule has 3 rings (SSSR count). The minimum atomic E-state index is 0.451. The standard InChI is InChI=1S/C13H18N2O/c1-16-11-7-10(8-11)14-13-6-5-9-3-2-4-12(9)15-13/h5-6,10-11H,2-4,7-8H2,1H3,(H,14,15). The predicted octanol–water partition coefficient (Wildman–Crippen LogP) is 2.16. The first-order valence-electron chi connectivity index (χ1n) is 6.13. The van der Waals surface area contributed by atoms with Gasteiger partial charge in [-0.25, -0.2) is 4.98 Å². The average molecular weight is 218 g/mol. The van der Waals surface area contributed by atoms with Crippen LogP contribution in [0.4, 0.5) is 5.82 Å². The molecule has 3 nitrogen and oxygen atoms in total. The number of hydrogen-bond donors (Lipinski definition) is 1. The summed E-state index contributed by atoms with van der Waals surface area (Å²) in [4.78, 5) is 4.67. The van der Waals surface area contributed by atoms with E-state index < -0.39 is 0 Å². The second kappa shape index (κ2) is 4.06. The van der Waals surface area contributed by atoms with E-state index in [0.717, 1.165) is 25.1 Å². The quantitative estimate of drug-likeness (QED) is 0.844. The Morgan fingerprint density at radius 3 is 3.00 bits per heavy atom. The molecule has 2 aliphatic carbocycles. The first-order valence-corrected chi connectivity index (χ1v) is 6.13. The highest BCUT2D eigenvalue weighted by Gasteiger charge is 2.29. The Hall–Kier alpha value is -1.09. The van der Waals surface area contributed by atoms with E-state index in [0.29, 0.717) is 12.1 Å². The van der Waals surface area contributed by atoms with Crippen LogP contribution >= 0.6 is 0 Å². The molecule has 1 N–H and O–H groups in total. The maximum atomic E-state index is 5.27. The van der Waals surface area contributed by atoms with Crippen molar-refractivity contribution < 1.29 is 4.74 Å². The molecule has 0 unspecified atom stereocenters. The van der Waals surface area contributed by atoms with Gasteiger partial charge in [-0.2, -0.15) is 0 Å². The smallest absolute Gasteiger partial charge is 0.126 e. The normalized spacial score (nSPS) is 27.3. The van der Waals surface area contributed by atoms with E-state index in [2.05, 4.69) is 22.4 Å². The van der Waals surface area contributed by atoms with E-state index >= 15 is 0 Å². The Morgan fingerprint density at radius 1 is 1.31 bits per heavy atom. The summed E-state index contributed by atoms with van der Waals surface area (Å²) >= 11 is 0. The largest absolute Gasteiger partial charge is 0.381 e. The van der Waals surface area contributed by atoms with Crippen molar-refractivity contribution in [1.82, 2.24) is 4.98 Å². The highest BCUT2D eigenvalue weighted by Crippen LogP contribution is 2.27. The van der Waals surface area contributed by atoms with E-state index in [1.54, 1.807) is 7.11 Å². The Labute approximate surface area is 96.2 Å². The minimum absolute atomic E-state index is 0.451. The number of methoxy groups -OCH3 is 1. The van der Waals surface area contributed by atoms with Crippen LogP contribution in [0, 0.1) is 0 Å². The van der Waals surface area contributed by atoms with Gasteiger partial charge in [-0.05, 0) is 43.7 Å². The van der Waals surface area contributed by atoms with Gasteiger partial charge in [0, 0.05) is 18.8 Å². The van der Waals surface area contributed by atoms with Crippen LogP contribution in [0.2, 0.25) is 0 Å². The molecule has 86 valence electrons. The van der Waals surface area contributed by atoms with Crippen molar-refractivity contribution >= 4 is 5.82 Å². The fraction of sp³-hybridized carbons (Fsp3) is 0.615. The van der Waals surface area contributed by atoms with Gasteiger partial charge in [0.05, 0.1) is 6.10 Å². The van der Waals surface area contributed by atoms with Gasteiger partial charge < -0.3 is 10.1 Å². The lowest BCUT2D eigenvalue weighted by molar-refractivity contribution is 0.0328. The lowest BCUT2D eigenvalue weighted by atomic mass is 9.89. The van der Waals surface area contributed by atoms with Gasteiger partial charge in [0.25, 0.3) is 0 Å². The molecule has 0 bridgehead atoms. The van der Waals surface area contributed by atoms with Gasteiger partial charge in [0.15, 0.2) is 0 Å². The Balaban J connectivity index is 1.63. The second-order valence-electron chi connectivity index (χ2n) is 4.83. The summed E-state index contributed by atoms with van der Waals surface area (Å²) in [6, 6.07) is 4.89. The number of rotatable bonds is 3. The number of anilines is 1. The van der Waals surface area contributed by atoms with Crippen LogP contribution in [0.3, 0.4) is 0 Å². The van der Waals surface area contributed by atoms with E-state index in [9.17, 15) is 0 Å². The van der Waals surface area contributed by atoms with Gasteiger partial charge in [-0.15, -0.1) is 0 Å². The maximum absolute atomic E-state index is 5.27. The first-order chi connectivity index (χ1) is 7.85. The van der Waals surface area contributed by atoms with Crippen LogP contribution in [0.1, 0.15) is 30.5 Å². The average Bonchev–Trinajstić information content (AvgIpc) is 2.69. The molecule has 1 aromatic heterocycles. The SMILES string of the molecule is COC1CC(Nc2ccc3c(n2)CCC3)C1. The molecule has 0 radical (unpaired) electrons. The topological polar surface area (TPSA) is 34.1 Å². The lowest BCUT2D eigenvalue weighted by Crippen LogP contribution is -2.40. The van der Waals surface area contributed by atoms with E-state index in [1.807, 2.05) is 0 Å². The van der Waals surface area contributed by atoms with Crippen LogP contribution in [-0.4, -0.2) is 24.2 Å². The van der Waals surface area contributed by atoms with Crippen LogP contribution in [-0.2, 0) is 17.6 Å². The highest BCUT2D eigenvalue weighted by molar-refractivity contribution is 5.41. The highest BCUT2D eigenvalue weighted by atomic mass is 16.5. The molecule has 1 aromatic rings. The number of aryl methyl sites for hydroxylation is 2. The third-order valence-electron chi connectivity index (χ3n) is 3.71. The molecule has 0 atom stereocenters. The molecule has 1 fully saturated rings. The van der Waals surface area contributed by atoms with Crippen LogP contribution in [0.25, 0.3) is 0 Å². The van der Waals surface area contributed by atoms with Crippen molar-refractivity contribution in [3.05, 3.63) is 23.4 Å². The summed E-state index contributed by atoms with van der Waals surface area (Å²) in [5, 5.41) is 3.48. The van der Waals surface area contributed by atoms with Crippen LogP contribution < -0.4 is 5.32 Å². The molecule has 0 aliphatic heterocycles. The monoisotopic (exact) mass is 218 g/mol. The number of ether oxygens (including phenoxy) is 1. The summed E-state index contributed by atoms with van der Waals surface area (Å²) in [5.74, 6) is 1.04. The van der Waals surface area contributed by atoms with Crippen molar-refractivity contribution in [2.75, 3.05) is 12.4 Å². The number of pyridine rings is 1. The van der Waals surface area contributed by atoms with E-state index in [4.69, 9.17) is 4.74 Å². The summed E-state index contributed by atoms with van der Waals surface area (Å²) in [6.45, 7) is 0. The third-order valence-corrected chi connectivity index (χ3v) is 3.71. The minimum Gasteiger partial charge on any atom is -0.381 e. The summed E-state index contributed by atoms with van der Waals surface area (Å²) in [5.41, 5.74) is 2.74. The molecule has 16 heavy (non-hydrogen) atoms. The molecule has 0 aromatic carbocycles. The van der Waals surface area contributed by atoms with Gasteiger partial charge in [0.2, 0.25) is 0 Å². The van der Waals surface area contributed by atoms with Crippen molar-refractivity contribution in [1.29, 1.82) is 0 Å². The van der Waals surface area contributed by atoms with E-state index in [-0.39, 0.29) is 0 Å². The number of nitrogens with one attached hydrogen (secondary N) is 1. The number of aromatic nitrogens is 1. The number of nitrogens with zero attached hydrogens (tertiary/aromatic N) is 1. The molecule has 0 spiro atoms. The second-order valence-corrected chi connectivity index (χ2v) is 4.83. The molecular formula is C13H18N2O. The molecule has 0 saturated heterocycles. The van der Waals surface area contributed by atoms with Gasteiger partial charge >= 0.3 is 0 Å². The fourth-order valence-corrected chi connectivity index (χ4v) is 2.59. The van der Waals surface area contributed by atoms with Crippen molar-refractivity contribution in [3.63, 3.8) is 0 Å². The zero-order valence-corrected chi connectivity index (χ0v) is 9.70. The van der Waals surface area contributed by atoms with Crippen LogP contribution in [0.15, 0.2) is 12.1 Å². The maximum Gasteiger partial charge on any atom is 0.126 e. The van der Waals surface area contributed by atoms with Crippen LogP contribution in [0.5, 0.6) is 0 Å². The molecule has 1 saturated carbocycles. The van der Waals surface area contributed by atoms with E-state index in [1.165, 1.54) is 24.1 Å². The lowest BCUT2D eigenvalue weighted by Gasteiger charge is -2.35.